The van der Waals surface area contributed by atoms with Crippen molar-refractivity contribution in [3.63, 3.8) is 0 Å². The number of nitrogens with one attached hydrogen (secondary N) is 1. The van der Waals surface area contributed by atoms with E-state index in [9.17, 15) is 28.7 Å². The Morgan fingerprint density at radius 3 is 2.25 bits per heavy atom. The van der Waals surface area contributed by atoms with Gasteiger partial charge in [0.05, 0.1) is 17.8 Å². The summed E-state index contributed by atoms with van der Waals surface area (Å²) in [6, 6.07) is 8.42. The van der Waals surface area contributed by atoms with Gasteiger partial charge >= 0.3 is 5.97 Å². The molecule has 1 spiro atoms. The number of carboxylic acid groups (broad SMARTS) is 1. The van der Waals surface area contributed by atoms with Crippen molar-refractivity contribution < 1.29 is 28.7 Å². The van der Waals surface area contributed by atoms with E-state index in [1.807, 2.05) is 25.7 Å². The molecule has 2 aliphatic rings. The fourth-order valence-corrected chi connectivity index (χ4v) is 5.70. The highest BCUT2D eigenvalue weighted by atomic mass is 19.1. The summed E-state index contributed by atoms with van der Waals surface area (Å²) in [5.74, 6) is -2.64. The third-order valence-electron chi connectivity index (χ3n) is 8.02. The highest BCUT2D eigenvalue weighted by Crippen LogP contribution is 2.40. The first-order chi connectivity index (χ1) is 18.7. The van der Waals surface area contributed by atoms with Crippen LogP contribution in [-0.4, -0.2) is 77.0 Å². The first-order valence-corrected chi connectivity index (χ1v) is 13.4. The van der Waals surface area contributed by atoms with Crippen LogP contribution in [0.3, 0.4) is 0 Å². The van der Waals surface area contributed by atoms with Gasteiger partial charge in [0, 0.05) is 25.8 Å². The molecule has 0 bridgehead atoms. The van der Waals surface area contributed by atoms with Crippen LogP contribution < -0.4 is 10.2 Å². The van der Waals surface area contributed by atoms with Gasteiger partial charge in [-0.3, -0.25) is 14.4 Å². The van der Waals surface area contributed by atoms with E-state index in [0.717, 1.165) is 11.3 Å². The number of anilines is 1. The molecule has 0 unspecified atom stereocenters. The number of halogens is 1. The predicted molar refractivity (Wildman–Crippen MR) is 149 cm³/mol. The molecule has 2 aliphatic heterocycles. The number of aromatic carboxylic acids is 1. The first kappa shape index (κ1) is 29.0. The van der Waals surface area contributed by atoms with Crippen LogP contribution in [0.15, 0.2) is 36.4 Å². The van der Waals surface area contributed by atoms with Crippen LogP contribution in [-0.2, 0) is 9.59 Å². The number of likely N-dealkylation sites (N-methyl/N-ethyl adjacent to an activating group) is 1. The molecule has 2 heterocycles. The van der Waals surface area contributed by atoms with Crippen LogP contribution in [0.1, 0.15) is 65.5 Å². The number of benzene rings is 2. The van der Waals surface area contributed by atoms with E-state index in [4.69, 9.17) is 0 Å². The lowest BCUT2D eigenvalue weighted by atomic mass is 9.82. The Morgan fingerprint density at radius 2 is 1.68 bits per heavy atom. The van der Waals surface area contributed by atoms with Gasteiger partial charge in [0.15, 0.2) is 0 Å². The highest BCUT2D eigenvalue weighted by Gasteiger charge is 2.53. The molecule has 2 saturated heterocycles. The van der Waals surface area contributed by atoms with Gasteiger partial charge in [0.25, 0.3) is 5.91 Å². The van der Waals surface area contributed by atoms with Gasteiger partial charge in [-0.05, 0) is 68.0 Å². The lowest BCUT2D eigenvalue weighted by Crippen LogP contribution is -2.61. The maximum absolute atomic E-state index is 14.4. The fraction of sp³-hybridized carbons (Fsp3) is 0.467. The average molecular weight is 553 g/mol. The molecule has 0 saturated carbocycles. The van der Waals surface area contributed by atoms with Gasteiger partial charge in [-0.2, -0.15) is 0 Å². The molecular formula is C30H37FN4O5. The summed E-state index contributed by atoms with van der Waals surface area (Å²) in [6.07, 6.45) is 0.748. The summed E-state index contributed by atoms with van der Waals surface area (Å²) in [4.78, 5) is 57.0. The minimum absolute atomic E-state index is 0.0461. The smallest absolute Gasteiger partial charge is 0.335 e. The third-order valence-corrected chi connectivity index (χ3v) is 8.02. The van der Waals surface area contributed by atoms with E-state index in [1.54, 1.807) is 55.0 Å². The SMILES string of the molecule is Cc1ccc(F)c(C(=O)N[C@@H](C(=O)N2CCC3(CC2)C(=O)N(C)CN3c2ccc(C(=O)O)c(C)c2)C(C)(C)C)c1. The summed E-state index contributed by atoms with van der Waals surface area (Å²) in [5, 5.41) is 12.2. The van der Waals surface area contributed by atoms with E-state index in [2.05, 4.69) is 5.32 Å². The quantitative estimate of drug-likeness (QED) is 0.587. The maximum atomic E-state index is 14.4. The average Bonchev–Trinajstić information content (AvgIpc) is 3.12. The number of nitrogens with zero attached hydrogens (tertiary/aromatic N) is 3. The molecule has 10 heteroatoms. The summed E-state index contributed by atoms with van der Waals surface area (Å²) >= 11 is 0. The van der Waals surface area contributed by atoms with Crippen LogP contribution in [0, 0.1) is 25.1 Å². The Hall–Kier alpha value is -3.95. The minimum atomic E-state index is -1.01. The minimum Gasteiger partial charge on any atom is -0.478 e. The van der Waals surface area contributed by atoms with Gasteiger partial charge in [-0.25, -0.2) is 9.18 Å². The number of piperidine rings is 1. The van der Waals surface area contributed by atoms with Crippen molar-refractivity contribution >= 4 is 29.4 Å². The number of aryl methyl sites for hydroxylation is 2. The van der Waals surface area contributed by atoms with E-state index in [-0.39, 0.29) is 22.9 Å². The molecule has 4 rings (SSSR count). The number of carbonyl (C=O) groups excluding carboxylic acids is 3. The summed E-state index contributed by atoms with van der Waals surface area (Å²) < 4.78 is 14.4. The van der Waals surface area contributed by atoms with Crippen molar-refractivity contribution in [2.45, 2.75) is 59.0 Å². The topological polar surface area (TPSA) is 110 Å². The van der Waals surface area contributed by atoms with Crippen molar-refractivity contribution in [2.75, 3.05) is 31.7 Å². The Morgan fingerprint density at radius 1 is 1.02 bits per heavy atom. The van der Waals surface area contributed by atoms with Gasteiger partial charge in [0.1, 0.15) is 17.4 Å². The molecular weight excluding hydrogens is 515 g/mol. The zero-order valence-electron chi connectivity index (χ0n) is 23.9. The molecule has 9 nitrogen and oxygen atoms in total. The number of rotatable bonds is 5. The molecule has 2 fully saturated rings. The van der Waals surface area contributed by atoms with Crippen LogP contribution in [0.5, 0.6) is 0 Å². The van der Waals surface area contributed by atoms with Crippen molar-refractivity contribution in [3.05, 3.63) is 64.5 Å². The second-order valence-electron chi connectivity index (χ2n) is 12.0. The lowest BCUT2D eigenvalue weighted by molar-refractivity contribution is -0.140. The van der Waals surface area contributed by atoms with Gasteiger partial charge in [0.2, 0.25) is 11.8 Å². The molecule has 2 N–H and O–H groups in total. The van der Waals surface area contributed by atoms with Crippen LogP contribution in [0.25, 0.3) is 0 Å². The van der Waals surface area contributed by atoms with Crippen LogP contribution in [0.4, 0.5) is 10.1 Å². The third kappa shape index (κ3) is 5.26. The second-order valence-corrected chi connectivity index (χ2v) is 12.0. The number of hydrogen-bond donors (Lipinski definition) is 2. The summed E-state index contributed by atoms with van der Waals surface area (Å²) in [7, 11) is 1.73. The van der Waals surface area contributed by atoms with E-state index < -0.39 is 34.7 Å². The summed E-state index contributed by atoms with van der Waals surface area (Å²) in [6.45, 7) is 9.95. The Bertz CT molecular complexity index is 1360. The van der Waals surface area contributed by atoms with Gasteiger partial charge in [-0.15, -0.1) is 0 Å². The Labute approximate surface area is 233 Å². The zero-order chi connectivity index (χ0) is 29.6. The lowest BCUT2D eigenvalue weighted by Gasteiger charge is -2.45. The molecule has 0 aliphatic carbocycles. The zero-order valence-corrected chi connectivity index (χ0v) is 23.9. The number of carbonyl (C=O) groups is 4. The van der Waals surface area contributed by atoms with Crippen LogP contribution in [0.2, 0.25) is 0 Å². The highest BCUT2D eigenvalue weighted by molar-refractivity contribution is 5.98. The maximum Gasteiger partial charge on any atom is 0.335 e. The monoisotopic (exact) mass is 552 g/mol. The van der Waals surface area contributed by atoms with Gasteiger partial charge in [-0.1, -0.05) is 32.4 Å². The molecule has 0 aromatic heterocycles. The predicted octanol–water partition coefficient (Wildman–Crippen LogP) is 3.58. The summed E-state index contributed by atoms with van der Waals surface area (Å²) in [5.41, 5.74) is 0.658. The van der Waals surface area contributed by atoms with Crippen molar-refractivity contribution in [1.29, 1.82) is 0 Å². The number of carboxylic acids is 1. The fourth-order valence-electron chi connectivity index (χ4n) is 5.70. The van der Waals surface area contributed by atoms with E-state index >= 15 is 0 Å². The molecule has 214 valence electrons. The van der Waals surface area contributed by atoms with Crippen molar-refractivity contribution in [2.24, 2.45) is 5.41 Å². The normalized spacial score (nSPS) is 17.8. The van der Waals surface area contributed by atoms with E-state index in [0.29, 0.717) is 38.2 Å². The van der Waals surface area contributed by atoms with Crippen molar-refractivity contribution in [3.8, 4) is 0 Å². The molecule has 1 atom stereocenters. The largest absolute Gasteiger partial charge is 0.478 e. The molecule has 0 radical (unpaired) electrons. The number of likely N-dealkylation sites (tertiary alicyclic amines) is 1. The standard InChI is InChI=1S/C30H37FN4O5/c1-18-7-10-23(31)22(15-18)25(36)32-24(29(3,4)5)26(37)34-13-11-30(12-14-34)28(40)33(6)17-35(30)20-8-9-21(27(38)39)19(2)16-20/h7-10,15-16,24H,11-14,17H2,1-6H3,(H,32,36)(H,38,39)/t24-/m0/s1. The second kappa shape index (κ2) is 10.6. The number of hydrogen-bond acceptors (Lipinski definition) is 5. The molecule has 2 aromatic rings. The molecule has 40 heavy (non-hydrogen) atoms. The van der Waals surface area contributed by atoms with Crippen molar-refractivity contribution in [1.82, 2.24) is 15.1 Å². The Kier molecular flexibility index (Phi) is 7.66. The number of amides is 3. The van der Waals surface area contributed by atoms with E-state index in [1.165, 1.54) is 12.1 Å². The molecule has 2 aromatic carbocycles. The van der Waals surface area contributed by atoms with Gasteiger partial charge < -0.3 is 25.1 Å². The first-order valence-electron chi connectivity index (χ1n) is 13.4. The van der Waals surface area contributed by atoms with Crippen LogP contribution >= 0.6 is 0 Å². The Balaban J connectivity index is 1.55. The molecule has 3 amide bonds.